The monoisotopic (exact) mass is 250 g/mol. The van der Waals surface area contributed by atoms with Gasteiger partial charge in [-0.25, -0.2) is 0 Å². The standard InChI is InChI=1S/C13H15ClN2O/c1-2-11(9-15)13(17)16-8-7-10-3-5-12(14)6-4-10/h3-6,11H,2,7-8H2,1H3,(H,16,17). The molecule has 0 heterocycles. The zero-order chi connectivity index (χ0) is 12.7. The molecule has 0 saturated heterocycles. The van der Waals surface area contributed by atoms with Crippen LogP contribution in [0.3, 0.4) is 0 Å². The Morgan fingerprint density at radius 2 is 2.12 bits per heavy atom. The van der Waals surface area contributed by atoms with Gasteiger partial charge in [-0.2, -0.15) is 5.26 Å². The lowest BCUT2D eigenvalue weighted by Gasteiger charge is -2.08. The second kappa shape index (κ2) is 6.93. The summed E-state index contributed by atoms with van der Waals surface area (Å²) in [5, 5.41) is 12.2. The number of hydrogen-bond acceptors (Lipinski definition) is 2. The molecule has 0 bridgehead atoms. The molecule has 1 unspecified atom stereocenters. The molecule has 0 aliphatic heterocycles. The highest BCUT2D eigenvalue weighted by Gasteiger charge is 2.14. The van der Waals surface area contributed by atoms with Crippen molar-refractivity contribution in [2.45, 2.75) is 19.8 Å². The van der Waals surface area contributed by atoms with Crippen LogP contribution >= 0.6 is 11.6 Å². The van der Waals surface area contributed by atoms with Gasteiger partial charge in [0.15, 0.2) is 0 Å². The predicted octanol–water partition coefficient (Wildman–Crippen LogP) is 2.55. The first-order valence-electron chi connectivity index (χ1n) is 5.59. The molecule has 0 radical (unpaired) electrons. The van der Waals surface area contributed by atoms with Gasteiger partial charge in [0.25, 0.3) is 0 Å². The van der Waals surface area contributed by atoms with Crippen LogP contribution in [-0.4, -0.2) is 12.5 Å². The van der Waals surface area contributed by atoms with E-state index < -0.39 is 5.92 Å². The van der Waals surface area contributed by atoms with Crippen LogP contribution in [0.4, 0.5) is 0 Å². The third-order valence-corrected chi connectivity index (χ3v) is 2.76. The molecule has 1 amide bonds. The molecule has 0 aliphatic rings. The van der Waals surface area contributed by atoms with Crippen LogP contribution in [0.1, 0.15) is 18.9 Å². The third kappa shape index (κ3) is 4.46. The maximum atomic E-state index is 11.5. The lowest BCUT2D eigenvalue weighted by atomic mass is 10.1. The van der Waals surface area contributed by atoms with E-state index in [0.29, 0.717) is 18.0 Å². The quantitative estimate of drug-likeness (QED) is 0.873. The van der Waals surface area contributed by atoms with E-state index in [2.05, 4.69) is 5.32 Å². The number of amides is 1. The molecular formula is C13H15ClN2O. The Morgan fingerprint density at radius 1 is 1.47 bits per heavy atom. The summed E-state index contributed by atoms with van der Waals surface area (Å²) in [7, 11) is 0. The van der Waals surface area contributed by atoms with Crippen LogP contribution in [0.2, 0.25) is 5.02 Å². The lowest BCUT2D eigenvalue weighted by Crippen LogP contribution is -2.31. The predicted molar refractivity (Wildman–Crippen MR) is 67.6 cm³/mol. The molecule has 1 rings (SSSR count). The number of carbonyl (C=O) groups is 1. The van der Waals surface area contributed by atoms with Crippen molar-refractivity contribution in [3.8, 4) is 6.07 Å². The summed E-state index contributed by atoms with van der Waals surface area (Å²) in [5.74, 6) is -0.732. The number of nitrogens with zero attached hydrogens (tertiary/aromatic N) is 1. The van der Waals surface area contributed by atoms with Gasteiger partial charge in [0.2, 0.25) is 5.91 Å². The van der Waals surface area contributed by atoms with Gasteiger partial charge in [0.1, 0.15) is 5.92 Å². The van der Waals surface area contributed by atoms with Crippen LogP contribution < -0.4 is 5.32 Å². The Kier molecular flexibility index (Phi) is 5.51. The Labute approximate surface area is 106 Å². The summed E-state index contributed by atoms with van der Waals surface area (Å²) >= 11 is 5.77. The first-order valence-corrected chi connectivity index (χ1v) is 5.97. The molecule has 1 atom stereocenters. The van der Waals surface area contributed by atoms with E-state index in [0.717, 1.165) is 12.0 Å². The van der Waals surface area contributed by atoms with Crippen LogP contribution in [0.25, 0.3) is 0 Å². The summed E-state index contributed by atoms with van der Waals surface area (Å²) < 4.78 is 0. The Balaban J connectivity index is 2.35. The van der Waals surface area contributed by atoms with E-state index in [1.807, 2.05) is 37.3 Å². The number of halogens is 1. The zero-order valence-corrected chi connectivity index (χ0v) is 10.5. The van der Waals surface area contributed by atoms with Crippen LogP contribution in [0, 0.1) is 17.2 Å². The highest BCUT2D eigenvalue weighted by molar-refractivity contribution is 6.30. The number of rotatable bonds is 5. The van der Waals surface area contributed by atoms with E-state index in [-0.39, 0.29) is 5.91 Å². The van der Waals surface area contributed by atoms with Crippen LogP contribution in [0.15, 0.2) is 24.3 Å². The van der Waals surface area contributed by atoms with Gasteiger partial charge in [0, 0.05) is 11.6 Å². The fraction of sp³-hybridized carbons (Fsp3) is 0.385. The van der Waals surface area contributed by atoms with Gasteiger partial charge in [-0.15, -0.1) is 0 Å². The Hall–Kier alpha value is -1.53. The second-order valence-corrected chi connectivity index (χ2v) is 4.19. The van der Waals surface area contributed by atoms with Crippen molar-refractivity contribution in [2.24, 2.45) is 5.92 Å². The molecule has 0 aromatic heterocycles. The van der Waals surface area contributed by atoms with E-state index >= 15 is 0 Å². The van der Waals surface area contributed by atoms with Gasteiger partial charge in [0.05, 0.1) is 6.07 Å². The number of benzene rings is 1. The van der Waals surface area contributed by atoms with E-state index in [4.69, 9.17) is 16.9 Å². The molecule has 3 nitrogen and oxygen atoms in total. The van der Waals surface area contributed by atoms with Gasteiger partial charge in [-0.1, -0.05) is 30.7 Å². The topological polar surface area (TPSA) is 52.9 Å². The van der Waals surface area contributed by atoms with Gasteiger partial charge < -0.3 is 5.32 Å². The molecule has 1 N–H and O–H groups in total. The van der Waals surface area contributed by atoms with Gasteiger partial charge in [-0.05, 0) is 30.5 Å². The molecule has 1 aromatic carbocycles. The normalized spacial score (nSPS) is 11.6. The van der Waals surface area contributed by atoms with Crippen molar-refractivity contribution < 1.29 is 4.79 Å². The minimum absolute atomic E-state index is 0.191. The first kappa shape index (κ1) is 13.5. The van der Waals surface area contributed by atoms with Crippen LogP contribution in [0.5, 0.6) is 0 Å². The lowest BCUT2D eigenvalue weighted by molar-refractivity contribution is -0.123. The summed E-state index contributed by atoms with van der Waals surface area (Å²) in [6.45, 7) is 2.37. The van der Waals surface area contributed by atoms with E-state index in [1.165, 1.54) is 0 Å². The second-order valence-electron chi connectivity index (χ2n) is 3.76. The van der Waals surface area contributed by atoms with Crippen molar-refractivity contribution in [1.29, 1.82) is 5.26 Å². The van der Waals surface area contributed by atoms with Gasteiger partial charge in [-0.3, -0.25) is 4.79 Å². The fourth-order valence-electron chi connectivity index (χ4n) is 1.44. The Morgan fingerprint density at radius 3 is 2.65 bits per heavy atom. The third-order valence-electron chi connectivity index (χ3n) is 2.51. The van der Waals surface area contributed by atoms with E-state index in [1.54, 1.807) is 0 Å². The van der Waals surface area contributed by atoms with Crippen molar-refractivity contribution >= 4 is 17.5 Å². The maximum Gasteiger partial charge on any atom is 0.237 e. The molecule has 0 saturated carbocycles. The van der Waals surface area contributed by atoms with Crippen molar-refractivity contribution in [2.75, 3.05) is 6.54 Å². The molecule has 90 valence electrons. The molecule has 0 aliphatic carbocycles. The number of nitrogens with one attached hydrogen (secondary N) is 1. The summed E-state index contributed by atoms with van der Waals surface area (Å²) in [6.07, 6.45) is 1.29. The zero-order valence-electron chi connectivity index (χ0n) is 9.74. The minimum Gasteiger partial charge on any atom is -0.355 e. The largest absolute Gasteiger partial charge is 0.355 e. The summed E-state index contributed by atoms with van der Waals surface area (Å²) in [6, 6.07) is 9.48. The van der Waals surface area contributed by atoms with Crippen LogP contribution in [-0.2, 0) is 11.2 Å². The van der Waals surface area contributed by atoms with Crippen molar-refractivity contribution in [3.63, 3.8) is 0 Å². The molecule has 0 fully saturated rings. The van der Waals surface area contributed by atoms with Gasteiger partial charge >= 0.3 is 0 Å². The van der Waals surface area contributed by atoms with Crippen molar-refractivity contribution in [1.82, 2.24) is 5.32 Å². The molecule has 1 aromatic rings. The minimum atomic E-state index is -0.541. The highest BCUT2D eigenvalue weighted by Crippen LogP contribution is 2.09. The molecule has 4 heteroatoms. The number of carbonyl (C=O) groups excluding carboxylic acids is 1. The number of nitriles is 1. The summed E-state index contributed by atoms with van der Waals surface area (Å²) in [5.41, 5.74) is 1.11. The molecule has 17 heavy (non-hydrogen) atoms. The molecule has 0 spiro atoms. The first-order chi connectivity index (χ1) is 8.17. The van der Waals surface area contributed by atoms with Crippen molar-refractivity contribution in [3.05, 3.63) is 34.9 Å². The van der Waals surface area contributed by atoms with E-state index in [9.17, 15) is 4.79 Å². The fourth-order valence-corrected chi connectivity index (χ4v) is 1.57. The average Bonchev–Trinajstić information content (AvgIpc) is 2.33. The SMILES string of the molecule is CCC(C#N)C(=O)NCCc1ccc(Cl)cc1. The Bertz CT molecular complexity index is 408. The summed E-state index contributed by atoms with van der Waals surface area (Å²) in [4.78, 5) is 11.5. The molecular weight excluding hydrogens is 236 g/mol. The number of hydrogen-bond donors (Lipinski definition) is 1. The average molecular weight is 251 g/mol. The highest BCUT2D eigenvalue weighted by atomic mass is 35.5. The smallest absolute Gasteiger partial charge is 0.237 e. The maximum absolute atomic E-state index is 11.5.